The molecule has 2 heterocycles. The van der Waals surface area contributed by atoms with E-state index in [2.05, 4.69) is 9.97 Å². The third kappa shape index (κ3) is 3.58. The molecule has 1 aromatic carbocycles. The van der Waals surface area contributed by atoms with Crippen LogP contribution in [0.4, 0.5) is 0 Å². The molecule has 4 nitrogen and oxygen atoms in total. The van der Waals surface area contributed by atoms with E-state index >= 15 is 0 Å². The monoisotopic (exact) mass is 326 g/mol. The highest BCUT2D eigenvalue weighted by molar-refractivity contribution is 6.35. The number of hydrogen-bond donors (Lipinski definition) is 2. The molecular weight excluding hydrogens is 311 g/mol. The zero-order valence-corrected chi connectivity index (χ0v) is 12.8. The molecule has 0 radical (unpaired) electrons. The van der Waals surface area contributed by atoms with Crippen LogP contribution in [0.15, 0.2) is 30.6 Å². The van der Waals surface area contributed by atoms with Crippen LogP contribution in [0.25, 0.3) is 0 Å². The van der Waals surface area contributed by atoms with Crippen molar-refractivity contribution < 1.29 is 9.84 Å². The van der Waals surface area contributed by atoms with Gasteiger partial charge in [-0.3, -0.25) is 0 Å². The minimum atomic E-state index is -0.738. The number of nitrogens with one attached hydrogen (secondary N) is 1. The van der Waals surface area contributed by atoms with E-state index in [-0.39, 0.29) is 5.92 Å². The van der Waals surface area contributed by atoms with E-state index in [0.29, 0.717) is 22.0 Å². The van der Waals surface area contributed by atoms with Crippen LogP contribution in [0.1, 0.15) is 36.3 Å². The fraction of sp³-hybridized carbons (Fsp3) is 0.400. The maximum atomic E-state index is 10.6. The number of nitrogens with zero attached hydrogens (tertiary/aromatic N) is 1. The molecule has 112 valence electrons. The summed E-state index contributed by atoms with van der Waals surface area (Å²) >= 11 is 12.3. The van der Waals surface area contributed by atoms with Crippen LogP contribution < -0.4 is 0 Å². The summed E-state index contributed by atoms with van der Waals surface area (Å²) in [7, 11) is 0. The third-order valence-corrected chi connectivity index (χ3v) is 4.31. The van der Waals surface area contributed by atoms with E-state index in [0.717, 1.165) is 25.0 Å². The second kappa shape index (κ2) is 6.36. The minimum Gasteiger partial charge on any atom is -0.385 e. The van der Waals surface area contributed by atoms with Gasteiger partial charge in [0.25, 0.3) is 0 Å². The SMILES string of the molecule is OC(c1ncc[nH]1)C(CCC1CO1)c1ccc(Cl)cc1Cl. The zero-order chi connectivity index (χ0) is 14.8. The van der Waals surface area contributed by atoms with Gasteiger partial charge in [-0.15, -0.1) is 0 Å². The highest BCUT2D eigenvalue weighted by Gasteiger charge is 2.30. The molecule has 0 bridgehead atoms. The van der Waals surface area contributed by atoms with Crippen molar-refractivity contribution in [3.05, 3.63) is 52.0 Å². The predicted molar refractivity (Wildman–Crippen MR) is 81.7 cm³/mol. The topological polar surface area (TPSA) is 61.4 Å². The Kier molecular flexibility index (Phi) is 4.50. The van der Waals surface area contributed by atoms with E-state index in [9.17, 15) is 5.11 Å². The molecule has 3 rings (SSSR count). The maximum absolute atomic E-state index is 10.6. The summed E-state index contributed by atoms with van der Waals surface area (Å²) in [4.78, 5) is 7.11. The lowest BCUT2D eigenvalue weighted by Crippen LogP contribution is -2.14. The van der Waals surface area contributed by atoms with Gasteiger partial charge in [0, 0.05) is 28.4 Å². The number of halogens is 2. The minimum absolute atomic E-state index is 0.148. The summed E-state index contributed by atoms with van der Waals surface area (Å²) < 4.78 is 5.26. The first kappa shape index (κ1) is 14.9. The first-order chi connectivity index (χ1) is 10.1. The van der Waals surface area contributed by atoms with Gasteiger partial charge in [-0.05, 0) is 30.5 Å². The first-order valence-electron chi connectivity index (χ1n) is 6.89. The standard InChI is InChI=1S/C15H16Cl2N2O2/c16-9-1-3-11(13(17)7-9)12(4-2-10-8-21-10)14(20)15-18-5-6-19-15/h1,3,5-7,10,12,14,20H,2,4,8H2,(H,18,19). The lowest BCUT2D eigenvalue weighted by Gasteiger charge is -2.23. The Morgan fingerprint density at radius 2 is 2.24 bits per heavy atom. The number of epoxide rings is 1. The molecule has 1 aromatic heterocycles. The van der Waals surface area contributed by atoms with Crippen LogP contribution in [0.3, 0.4) is 0 Å². The highest BCUT2D eigenvalue weighted by atomic mass is 35.5. The summed E-state index contributed by atoms with van der Waals surface area (Å²) in [5.74, 6) is 0.396. The van der Waals surface area contributed by atoms with Gasteiger partial charge < -0.3 is 14.8 Å². The summed E-state index contributed by atoms with van der Waals surface area (Å²) in [5, 5.41) is 11.8. The molecule has 1 fully saturated rings. The molecule has 21 heavy (non-hydrogen) atoms. The smallest absolute Gasteiger partial charge is 0.135 e. The zero-order valence-electron chi connectivity index (χ0n) is 11.3. The molecule has 0 spiro atoms. The molecule has 1 aliphatic rings. The van der Waals surface area contributed by atoms with Gasteiger partial charge in [0.15, 0.2) is 0 Å². The van der Waals surface area contributed by atoms with E-state index in [1.54, 1.807) is 24.5 Å². The highest BCUT2D eigenvalue weighted by Crippen LogP contribution is 2.39. The molecule has 0 amide bonds. The van der Waals surface area contributed by atoms with Crippen molar-refractivity contribution in [2.45, 2.75) is 31.0 Å². The number of aliphatic hydroxyl groups excluding tert-OH is 1. The van der Waals surface area contributed by atoms with E-state index in [1.807, 2.05) is 6.07 Å². The molecule has 1 saturated heterocycles. The number of ether oxygens (including phenoxy) is 1. The van der Waals surface area contributed by atoms with Crippen molar-refractivity contribution in [1.29, 1.82) is 0 Å². The largest absolute Gasteiger partial charge is 0.385 e. The Morgan fingerprint density at radius 3 is 2.86 bits per heavy atom. The molecule has 3 unspecified atom stereocenters. The van der Waals surface area contributed by atoms with Crippen molar-refractivity contribution in [2.75, 3.05) is 6.61 Å². The summed E-state index contributed by atoms with van der Waals surface area (Å²) in [6.45, 7) is 0.803. The summed E-state index contributed by atoms with van der Waals surface area (Å²) in [6, 6.07) is 5.36. The van der Waals surface area contributed by atoms with Crippen LogP contribution in [0, 0.1) is 0 Å². The van der Waals surface area contributed by atoms with E-state index in [1.165, 1.54) is 0 Å². The average molecular weight is 327 g/mol. The molecule has 6 heteroatoms. The first-order valence-corrected chi connectivity index (χ1v) is 7.64. The number of aromatic amines is 1. The molecule has 0 saturated carbocycles. The van der Waals surface area contributed by atoms with Crippen molar-refractivity contribution >= 4 is 23.2 Å². The van der Waals surface area contributed by atoms with Crippen LogP contribution in [0.5, 0.6) is 0 Å². The van der Waals surface area contributed by atoms with Crippen molar-refractivity contribution in [3.63, 3.8) is 0 Å². The molecule has 2 aromatic rings. The van der Waals surface area contributed by atoms with Gasteiger partial charge in [0.1, 0.15) is 11.9 Å². The third-order valence-electron chi connectivity index (χ3n) is 3.74. The van der Waals surface area contributed by atoms with Gasteiger partial charge in [-0.2, -0.15) is 0 Å². The Labute approximate surface area is 133 Å². The maximum Gasteiger partial charge on any atom is 0.135 e. The Bertz CT molecular complexity index is 600. The van der Waals surface area contributed by atoms with Gasteiger partial charge in [0.2, 0.25) is 0 Å². The van der Waals surface area contributed by atoms with Crippen LogP contribution in [0.2, 0.25) is 10.0 Å². The molecule has 2 N–H and O–H groups in total. The average Bonchev–Trinajstić information content (AvgIpc) is 3.12. The molecule has 1 aliphatic heterocycles. The second-order valence-corrected chi connectivity index (χ2v) is 6.07. The molecular formula is C15H16Cl2N2O2. The lowest BCUT2D eigenvalue weighted by molar-refractivity contribution is 0.129. The number of H-pyrrole nitrogens is 1. The number of imidazole rings is 1. The normalized spacial score (nSPS) is 20.2. The summed E-state index contributed by atoms with van der Waals surface area (Å²) in [6.07, 6.45) is 4.56. The van der Waals surface area contributed by atoms with Crippen molar-refractivity contribution in [3.8, 4) is 0 Å². The number of hydrogen-bond acceptors (Lipinski definition) is 3. The number of aliphatic hydroxyl groups is 1. The van der Waals surface area contributed by atoms with Gasteiger partial charge in [-0.25, -0.2) is 4.98 Å². The quantitative estimate of drug-likeness (QED) is 0.795. The van der Waals surface area contributed by atoms with Crippen LogP contribution in [-0.2, 0) is 4.74 Å². The van der Waals surface area contributed by atoms with Crippen LogP contribution >= 0.6 is 23.2 Å². The number of aromatic nitrogens is 2. The van der Waals surface area contributed by atoms with E-state index in [4.69, 9.17) is 27.9 Å². The van der Waals surface area contributed by atoms with Crippen LogP contribution in [-0.4, -0.2) is 27.8 Å². The van der Waals surface area contributed by atoms with Gasteiger partial charge in [-0.1, -0.05) is 29.3 Å². The fourth-order valence-electron chi connectivity index (χ4n) is 2.52. The number of rotatable bonds is 6. The van der Waals surface area contributed by atoms with Crippen molar-refractivity contribution in [2.24, 2.45) is 0 Å². The summed E-state index contributed by atoms with van der Waals surface area (Å²) in [5.41, 5.74) is 0.880. The predicted octanol–water partition coefficient (Wildman–Crippen LogP) is 3.71. The Balaban J connectivity index is 1.86. The number of benzene rings is 1. The second-order valence-electron chi connectivity index (χ2n) is 5.22. The lowest BCUT2D eigenvalue weighted by atomic mass is 9.88. The Hall–Kier alpha value is -1.07. The fourth-order valence-corrected chi connectivity index (χ4v) is 3.06. The van der Waals surface area contributed by atoms with E-state index < -0.39 is 6.10 Å². The van der Waals surface area contributed by atoms with Crippen molar-refractivity contribution in [1.82, 2.24) is 9.97 Å². The van der Waals surface area contributed by atoms with Gasteiger partial charge >= 0.3 is 0 Å². The Morgan fingerprint density at radius 1 is 1.43 bits per heavy atom. The molecule has 3 atom stereocenters. The molecule has 0 aliphatic carbocycles. The van der Waals surface area contributed by atoms with Gasteiger partial charge in [0.05, 0.1) is 12.7 Å².